The van der Waals surface area contributed by atoms with Gasteiger partial charge in [-0.2, -0.15) is 4.31 Å². The molecular formula is C24H34N2O7S. The van der Waals surface area contributed by atoms with E-state index in [2.05, 4.69) is 5.32 Å². The molecule has 4 rings (SSSR count). The summed E-state index contributed by atoms with van der Waals surface area (Å²) in [5.41, 5.74) is 0. The Morgan fingerprint density at radius 3 is 2.50 bits per heavy atom. The molecule has 2 atom stereocenters. The van der Waals surface area contributed by atoms with Crippen LogP contribution in [0.4, 0.5) is 0 Å². The predicted molar refractivity (Wildman–Crippen MR) is 124 cm³/mol. The average Bonchev–Trinajstić information content (AvgIpc) is 3.66. The lowest BCUT2D eigenvalue weighted by molar-refractivity contribution is -0.150. The van der Waals surface area contributed by atoms with Crippen LogP contribution in [0.3, 0.4) is 0 Å². The highest BCUT2D eigenvalue weighted by atomic mass is 32.2. The summed E-state index contributed by atoms with van der Waals surface area (Å²) in [6.45, 7) is -0.235. The van der Waals surface area contributed by atoms with Gasteiger partial charge in [-0.25, -0.2) is 8.42 Å². The Morgan fingerprint density at radius 1 is 1.18 bits per heavy atom. The number of nitrogens with one attached hydrogen (secondary N) is 1. The van der Waals surface area contributed by atoms with Crippen LogP contribution in [-0.2, 0) is 24.3 Å². The van der Waals surface area contributed by atoms with Gasteiger partial charge in [-0.3, -0.25) is 4.79 Å². The van der Waals surface area contributed by atoms with Crippen molar-refractivity contribution >= 4 is 15.9 Å². The molecule has 0 unspecified atom stereocenters. The summed E-state index contributed by atoms with van der Waals surface area (Å²) in [5.74, 6) is 1.42. The molecular weight excluding hydrogens is 460 g/mol. The molecule has 0 spiro atoms. The molecule has 1 aliphatic heterocycles. The van der Waals surface area contributed by atoms with Gasteiger partial charge in [-0.15, -0.1) is 0 Å². The number of amides is 1. The smallest absolute Gasteiger partial charge is 0.286 e. The predicted octanol–water partition coefficient (Wildman–Crippen LogP) is 2.02. The van der Waals surface area contributed by atoms with Crippen molar-refractivity contribution in [1.29, 1.82) is 0 Å². The molecule has 1 heterocycles. The standard InChI is InChI=1S/C24H34N2O7S/c1-31-20-7-9-21(10-8-20)34(29,30)26(11-13-27)12-14-32-23-16-18(17-5-6-17)15-22(33-23)24(28)25-19-3-2-4-19/h7-10,15,17-19,23,27H,2-6,11-14,16H2,1H3,(H,25,28)/t18-,23+/m0/s1. The zero-order valence-electron chi connectivity index (χ0n) is 19.5. The van der Waals surface area contributed by atoms with E-state index in [1.165, 1.54) is 23.5 Å². The molecule has 0 saturated heterocycles. The van der Waals surface area contributed by atoms with Crippen LogP contribution in [0.2, 0.25) is 0 Å². The molecule has 188 valence electrons. The summed E-state index contributed by atoms with van der Waals surface area (Å²) in [7, 11) is -2.31. The maximum absolute atomic E-state index is 13.1. The Hall–Kier alpha value is -2.14. The van der Waals surface area contributed by atoms with Gasteiger partial charge in [0.05, 0.1) is 25.2 Å². The van der Waals surface area contributed by atoms with Crippen molar-refractivity contribution in [3.05, 3.63) is 36.1 Å². The third-order valence-electron chi connectivity index (χ3n) is 6.67. The number of hydrogen-bond acceptors (Lipinski definition) is 7. The molecule has 2 aliphatic carbocycles. The maximum Gasteiger partial charge on any atom is 0.286 e. The minimum atomic E-state index is -3.82. The SMILES string of the molecule is COc1ccc(S(=O)(=O)N(CCO)CCO[C@H]2C[C@@H](C3CC3)C=C(C(=O)NC3CCC3)O2)cc1. The molecule has 10 heteroatoms. The second-order valence-corrected chi connectivity index (χ2v) is 11.0. The van der Waals surface area contributed by atoms with E-state index >= 15 is 0 Å². The van der Waals surface area contributed by atoms with Gasteiger partial charge in [0.25, 0.3) is 5.91 Å². The molecule has 3 aliphatic rings. The van der Waals surface area contributed by atoms with Crippen molar-refractivity contribution < 1.29 is 32.5 Å². The van der Waals surface area contributed by atoms with Crippen molar-refractivity contribution in [3.8, 4) is 5.75 Å². The summed E-state index contributed by atoms with van der Waals surface area (Å²) >= 11 is 0. The molecule has 2 saturated carbocycles. The fraction of sp³-hybridized carbons (Fsp3) is 0.625. The van der Waals surface area contributed by atoms with E-state index in [0.29, 0.717) is 23.8 Å². The molecule has 0 aromatic heterocycles. The minimum Gasteiger partial charge on any atom is -0.497 e. The van der Waals surface area contributed by atoms with E-state index in [1.807, 2.05) is 6.08 Å². The van der Waals surface area contributed by atoms with E-state index in [4.69, 9.17) is 14.2 Å². The first-order valence-corrected chi connectivity index (χ1v) is 13.4. The number of sulfonamides is 1. The molecule has 9 nitrogen and oxygen atoms in total. The van der Waals surface area contributed by atoms with E-state index in [9.17, 15) is 18.3 Å². The number of ether oxygens (including phenoxy) is 3. The number of methoxy groups -OCH3 is 1. The number of aliphatic hydroxyl groups excluding tert-OH is 1. The maximum atomic E-state index is 13.1. The normalized spacial score (nSPS) is 23.1. The van der Waals surface area contributed by atoms with Gasteiger partial charge in [0.2, 0.25) is 16.3 Å². The van der Waals surface area contributed by atoms with E-state index in [1.54, 1.807) is 12.1 Å². The van der Waals surface area contributed by atoms with Crippen molar-refractivity contribution in [2.45, 2.75) is 55.8 Å². The van der Waals surface area contributed by atoms with Crippen molar-refractivity contribution in [1.82, 2.24) is 9.62 Å². The molecule has 1 aromatic rings. The van der Waals surface area contributed by atoms with E-state index < -0.39 is 16.3 Å². The van der Waals surface area contributed by atoms with Crippen molar-refractivity contribution in [3.63, 3.8) is 0 Å². The lowest BCUT2D eigenvalue weighted by Gasteiger charge is -2.32. The van der Waals surface area contributed by atoms with Crippen LogP contribution in [-0.4, -0.2) is 69.5 Å². The molecule has 1 amide bonds. The second kappa shape index (κ2) is 11.1. The van der Waals surface area contributed by atoms with Crippen molar-refractivity contribution in [2.24, 2.45) is 11.8 Å². The van der Waals surface area contributed by atoms with Gasteiger partial charge in [0.15, 0.2) is 5.76 Å². The van der Waals surface area contributed by atoms with Crippen LogP contribution in [0, 0.1) is 11.8 Å². The van der Waals surface area contributed by atoms with Crippen LogP contribution in [0.5, 0.6) is 5.75 Å². The highest BCUT2D eigenvalue weighted by molar-refractivity contribution is 7.89. The summed E-state index contributed by atoms with van der Waals surface area (Å²) in [6, 6.07) is 6.32. The lowest BCUT2D eigenvalue weighted by atomic mass is 9.92. The molecule has 34 heavy (non-hydrogen) atoms. The van der Waals surface area contributed by atoms with Gasteiger partial charge in [0.1, 0.15) is 5.75 Å². The Kier molecular flexibility index (Phi) is 8.13. The number of nitrogens with zero attached hydrogens (tertiary/aromatic N) is 1. The number of rotatable bonds is 12. The summed E-state index contributed by atoms with van der Waals surface area (Å²) in [6.07, 6.45) is 7.34. The van der Waals surface area contributed by atoms with Gasteiger partial charge in [-0.05, 0) is 74.3 Å². The van der Waals surface area contributed by atoms with Crippen LogP contribution >= 0.6 is 0 Å². The number of allylic oxidation sites excluding steroid dienone is 1. The highest BCUT2D eigenvalue weighted by Gasteiger charge is 2.37. The topological polar surface area (TPSA) is 114 Å². The number of carbonyl (C=O) groups excluding carboxylic acids is 1. The zero-order valence-corrected chi connectivity index (χ0v) is 20.3. The monoisotopic (exact) mass is 494 g/mol. The number of hydrogen-bond donors (Lipinski definition) is 2. The fourth-order valence-corrected chi connectivity index (χ4v) is 5.67. The Labute approximate surface area is 201 Å². The molecule has 0 radical (unpaired) electrons. The molecule has 0 bridgehead atoms. The number of carbonyl (C=O) groups is 1. The van der Waals surface area contributed by atoms with Gasteiger partial charge in [0, 0.05) is 25.6 Å². The summed E-state index contributed by atoms with van der Waals surface area (Å²) in [4.78, 5) is 12.8. The second-order valence-electron chi connectivity index (χ2n) is 9.09. The van der Waals surface area contributed by atoms with E-state index in [-0.39, 0.29) is 49.1 Å². The molecule has 2 N–H and O–H groups in total. The number of aliphatic hydroxyl groups is 1. The first kappa shape index (κ1) is 25.0. The van der Waals surface area contributed by atoms with Crippen LogP contribution in [0.1, 0.15) is 38.5 Å². The van der Waals surface area contributed by atoms with Crippen LogP contribution < -0.4 is 10.1 Å². The quantitative estimate of drug-likeness (QED) is 0.457. The van der Waals surface area contributed by atoms with Crippen LogP contribution in [0.25, 0.3) is 0 Å². The third-order valence-corrected chi connectivity index (χ3v) is 8.58. The lowest BCUT2D eigenvalue weighted by Crippen LogP contribution is -2.42. The van der Waals surface area contributed by atoms with Gasteiger partial charge < -0.3 is 24.6 Å². The average molecular weight is 495 g/mol. The van der Waals surface area contributed by atoms with E-state index in [0.717, 1.165) is 32.1 Å². The van der Waals surface area contributed by atoms with Crippen molar-refractivity contribution in [2.75, 3.05) is 33.4 Å². The third kappa shape index (κ3) is 6.10. The summed E-state index contributed by atoms with van der Waals surface area (Å²) in [5, 5.41) is 12.4. The molecule has 1 aromatic carbocycles. The Morgan fingerprint density at radius 2 is 1.91 bits per heavy atom. The van der Waals surface area contributed by atoms with Crippen LogP contribution in [0.15, 0.2) is 41.0 Å². The largest absolute Gasteiger partial charge is 0.497 e. The van der Waals surface area contributed by atoms with Gasteiger partial charge in [-0.1, -0.05) is 0 Å². The number of benzene rings is 1. The first-order valence-electron chi connectivity index (χ1n) is 12.0. The Bertz CT molecular complexity index is 972. The Balaban J connectivity index is 1.35. The van der Waals surface area contributed by atoms with Gasteiger partial charge >= 0.3 is 0 Å². The zero-order chi connectivity index (χ0) is 24.1. The fourth-order valence-electron chi connectivity index (χ4n) is 4.25. The highest BCUT2D eigenvalue weighted by Crippen LogP contribution is 2.42. The molecule has 2 fully saturated rings. The summed E-state index contributed by atoms with van der Waals surface area (Å²) < 4.78 is 44.2. The first-order chi connectivity index (χ1) is 16.4. The minimum absolute atomic E-state index is 0.0518.